The zero-order chi connectivity index (χ0) is 38.2. The minimum atomic E-state index is -6.57. The van der Waals surface area contributed by atoms with Crippen molar-refractivity contribution in [3.05, 3.63) is 141 Å². The highest BCUT2D eigenvalue weighted by atomic mass is 32.2. The van der Waals surface area contributed by atoms with Gasteiger partial charge in [-0.2, -0.15) is 47.6 Å². The number of hydrogen-bond donors (Lipinski definition) is 1. The van der Waals surface area contributed by atoms with E-state index in [4.69, 9.17) is 9.47 Å². The number of aromatic amines is 1. The topological polar surface area (TPSA) is 160 Å². The first-order valence-corrected chi connectivity index (χ1v) is 17.5. The molecule has 1 aromatic heterocycles. The van der Waals surface area contributed by atoms with E-state index in [1.807, 2.05) is 0 Å². The number of aromatic nitrogens is 2. The Labute approximate surface area is 289 Å². The number of halogens is 7. The van der Waals surface area contributed by atoms with Gasteiger partial charge in [0.15, 0.2) is 0 Å². The molecule has 0 bridgehead atoms. The monoisotopic (exact) mass is 782 g/mol. The van der Waals surface area contributed by atoms with Gasteiger partial charge in [-0.05, 0) is 16.7 Å². The van der Waals surface area contributed by atoms with Gasteiger partial charge in [-0.15, -0.1) is 0 Å². The van der Waals surface area contributed by atoms with Gasteiger partial charge in [-0.3, -0.25) is 22.7 Å². The maximum absolute atomic E-state index is 14.5. The molecule has 21 heteroatoms. The SMILES string of the molecule is O=c1[nH]c(=O)n([C@H]2C[C@H](OC(c3ccccc3)(c3ccccc3)c3ccccc3)C(COS(=O)(=O)C(F)(F)F)(COS(=O)(=O)C(F)(F)F)O2)cc1F. The fraction of sp³-hybridized carbons (Fsp3) is 0.290. The minimum Gasteiger partial charge on any atom is -0.354 e. The van der Waals surface area contributed by atoms with Crippen LogP contribution in [0.15, 0.2) is 107 Å². The molecule has 1 aliphatic rings. The Morgan fingerprint density at radius 1 is 0.731 bits per heavy atom. The Bertz CT molecular complexity index is 2070. The van der Waals surface area contributed by atoms with E-state index >= 15 is 0 Å². The molecular formula is C31H25F7N2O10S2. The summed E-state index contributed by atoms with van der Waals surface area (Å²) in [5, 5.41) is 0. The lowest BCUT2D eigenvalue weighted by Crippen LogP contribution is -2.54. The molecule has 4 aromatic rings. The van der Waals surface area contributed by atoms with Gasteiger partial charge in [0, 0.05) is 6.42 Å². The molecule has 5 rings (SSSR count). The first-order valence-electron chi connectivity index (χ1n) is 14.7. The number of nitrogens with zero attached hydrogens (tertiary/aromatic N) is 1. The van der Waals surface area contributed by atoms with Crippen LogP contribution in [0.3, 0.4) is 0 Å². The fourth-order valence-electron chi connectivity index (χ4n) is 5.51. The standard InChI is InChI=1S/C31H25F7N2O10S2/c32-23-17-40(27(42)39-26(23)41)25-16-24(28(50-25,18-47-51(43,44)30(33,34)35)19-48-52(45,46)31(36,37)38)49-29(20-10-4-1-5-11-20,21-12-6-2-7-13-21)22-14-8-3-9-15-22/h1-15,17,24-25H,16,18-19H2,(H,39,41,42)/t24-,25+/m0/s1. The Balaban J connectivity index is 1.78. The second-order valence-electron chi connectivity index (χ2n) is 11.2. The van der Waals surface area contributed by atoms with E-state index in [0.29, 0.717) is 10.8 Å². The van der Waals surface area contributed by atoms with E-state index < -0.39 is 91.5 Å². The van der Waals surface area contributed by atoms with Crippen LogP contribution in [0.5, 0.6) is 0 Å². The molecule has 1 N–H and O–H groups in total. The summed E-state index contributed by atoms with van der Waals surface area (Å²) in [6, 6.07) is 23.6. The molecule has 3 aromatic carbocycles. The largest absolute Gasteiger partial charge is 0.523 e. The number of hydrogen-bond acceptors (Lipinski definition) is 10. The van der Waals surface area contributed by atoms with E-state index in [2.05, 4.69) is 8.37 Å². The molecule has 12 nitrogen and oxygen atoms in total. The molecule has 280 valence electrons. The number of alkyl halides is 6. The normalized spacial score (nSPS) is 18.4. The lowest BCUT2D eigenvalue weighted by atomic mass is 9.79. The van der Waals surface area contributed by atoms with Gasteiger partial charge < -0.3 is 9.47 Å². The Morgan fingerprint density at radius 2 is 1.13 bits per heavy atom. The van der Waals surface area contributed by atoms with Gasteiger partial charge >= 0.3 is 36.9 Å². The highest BCUT2D eigenvalue weighted by Crippen LogP contribution is 2.48. The highest BCUT2D eigenvalue weighted by Gasteiger charge is 2.59. The molecule has 1 saturated heterocycles. The lowest BCUT2D eigenvalue weighted by Gasteiger charge is -2.42. The number of H-pyrrole nitrogens is 1. The molecule has 0 spiro atoms. The first kappa shape index (κ1) is 38.8. The van der Waals surface area contributed by atoms with Crippen LogP contribution in [0, 0.1) is 5.82 Å². The third-order valence-corrected chi connectivity index (χ3v) is 9.94. The summed E-state index contributed by atoms with van der Waals surface area (Å²) in [5.41, 5.74) is -19.2. The summed E-state index contributed by atoms with van der Waals surface area (Å²) in [5.74, 6) is -1.59. The van der Waals surface area contributed by atoms with Crippen LogP contribution in [-0.4, -0.2) is 62.3 Å². The fourth-order valence-corrected chi connectivity index (χ4v) is 6.49. The molecule has 0 saturated carbocycles. The van der Waals surface area contributed by atoms with E-state index in [0.717, 1.165) is 0 Å². The van der Waals surface area contributed by atoms with Crippen LogP contribution < -0.4 is 11.2 Å². The predicted molar refractivity (Wildman–Crippen MR) is 165 cm³/mol. The zero-order valence-electron chi connectivity index (χ0n) is 26.0. The van der Waals surface area contributed by atoms with Crippen molar-refractivity contribution in [2.45, 2.75) is 41.0 Å². The van der Waals surface area contributed by atoms with Crippen molar-refractivity contribution >= 4 is 20.2 Å². The van der Waals surface area contributed by atoms with Crippen molar-refractivity contribution < 1.29 is 65.4 Å². The van der Waals surface area contributed by atoms with Crippen molar-refractivity contribution in [1.82, 2.24) is 9.55 Å². The van der Waals surface area contributed by atoms with Gasteiger partial charge in [0.1, 0.15) is 30.6 Å². The number of ether oxygens (including phenoxy) is 2. The van der Waals surface area contributed by atoms with E-state index in [1.54, 1.807) is 96.0 Å². The van der Waals surface area contributed by atoms with Gasteiger partial charge in [-0.1, -0.05) is 91.0 Å². The molecule has 1 fully saturated rings. The van der Waals surface area contributed by atoms with Gasteiger partial charge in [0.2, 0.25) is 5.82 Å². The summed E-state index contributed by atoms with van der Waals surface area (Å²) in [6.07, 6.45) is -4.59. The molecule has 2 heterocycles. The highest BCUT2D eigenvalue weighted by molar-refractivity contribution is 7.87. The maximum atomic E-state index is 14.5. The molecule has 0 radical (unpaired) electrons. The van der Waals surface area contributed by atoms with Gasteiger partial charge in [0.25, 0.3) is 5.56 Å². The van der Waals surface area contributed by atoms with Crippen molar-refractivity contribution in [1.29, 1.82) is 0 Å². The number of nitrogens with one attached hydrogen (secondary N) is 1. The molecule has 0 unspecified atom stereocenters. The van der Waals surface area contributed by atoms with Crippen LogP contribution in [0.2, 0.25) is 0 Å². The maximum Gasteiger partial charge on any atom is 0.523 e. The van der Waals surface area contributed by atoms with Crippen molar-refractivity contribution in [2.24, 2.45) is 0 Å². The van der Waals surface area contributed by atoms with Crippen LogP contribution in [0.25, 0.3) is 0 Å². The average molecular weight is 783 g/mol. The molecule has 52 heavy (non-hydrogen) atoms. The van der Waals surface area contributed by atoms with Crippen LogP contribution in [0.1, 0.15) is 29.3 Å². The Morgan fingerprint density at radius 3 is 1.52 bits per heavy atom. The average Bonchev–Trinajstić information content (AvgIpc) is 3.45. The van der Waals surface area contributed by atoms with Crippen LogP contribution in [0.4, 0.5) is 30.7 Å². The third kappa shape index (κ3) is 7.55. The number of rotatable bonds is 12. The van der Waals surface area contributed by atoms with Crippen LogP contribution >= 0.6 is 0 Å². The third-order valence-electron chi connectivity index (χ3n) is 7.95. The van der Waals surface area contributed by atoms with Crippen molar-refractivity contribution in [3.8, 4) is 0 Å². The Kier molecular flexibility index (Phi) is 10.6. The van der Waals surface area contributed by atoms with Gasteiger partial charge in [-0.25, -0.2) is 4.79 Å². The van der Waals surface area contributed by atoms with E-state index in [1.165, 1.54) is 0 Å². The molecule has 2 atom stereocenters. The van der Waals surface area contributed by atoms with Gasteiger partial charge in [0.05, 0.1) is 12.3 Å². The zero-order valence-corrected chi connectivity index (χ0v) is 27.6. The summed E-state index contributed by atoms with van der Waals surface area (Å²) < 4.78 is 165. The minimum absolute atomic E-state index is 0.282. The quantitative estimate of drug-likeness (QED) is 0.0943. The summed E-state index contributed by atoms with van der Waals surface area (Å²) in [7, 11) is -13.1. The van der Waals surface area contributed by atoms with Crippen LogP contribution in [-0.2, 0) is 43.7 Å². The van der Waals surface area contributed by atoms with Crippen molar-refractivity contribution in [3.63, 3.8) is 0 Å². The number of benzene rings is 3. The lowest BCUT2D eigenvalue weighted by molar-refractivity contribution is -0.175. The van der Waals surface area contributed by atoms with E-state index in [9.17, 15) is 57.2 Å². The second-order valence-corrected chi connectivity index (χ2v) is 14.4. The molecular weight excluding hydrogens is 757 g/mol. The first-order chi connectivity index (χ1) is 24.2. The smallest absolute Gasteiger partial charge is 0.354 e. The summed E-state index contributed by atoms with van der Waals surface area (Å²) in [4.78, 5) is 26.2. The summed E-state index contributed by atoms with van der Waals surface area (Å²) >= 11 is 0. The Hall–Kier alpha value is -4.41. The predicted octanol–water partition coefficient (Wildman–Crippen LogP) is 4.44. The van der Waals surface area contributed by atoms with E-state index in [-0.39, 0.29) is 16.7 Å². The second kappa shape index (κ2) is 14.2. The molecule has 1 aliphatic heterocycles. The van der Waals surface area contributed by atoms with Crippen molar-refractivity contribution in [2.75, 3.05) is 13.2 Å². The summed E-state index contributed by atoms with van der Waals surface area (Å²) in [6.45, 7) is -3.84. The molecule has 0 amide bonds. The molecule has 0 aliphatic carbocycles.